The third kappa shape index (κ3) is 2.22. The Morgan fingerprint density at radius 2 is 1.28 bits per heavy atom. The molecule has 120 valence electrons. The summed E-state index contributed by atoms with van der Waals surface area (Å²) in [5.41, 5.74) is 3.36. The van der Waals surface area contributed by atoms with Gasteiger partial charge in [0.2, 0.25) is 0 Å². The number of fused-ring (bicyclic) bond motifs is 3. The van der Waals surface area contributed by atoms with E-state index in [9.17, 15) is 0 Å². The average Bonchev–Trinajstić information content (AvgIpc) is 3.03. The van der Waals surface area contributed by atoms with E-state index in [0.29, 0.717) is 6.67 Å². The number of para-hydroxylation sites is 2. The molecule has 0 radical (unpaired) electrons. The second kappa shape index (κ2) is 5.60. The normalized spacial score (nSPS) is 14.2. The van der Waals surface area contributed by atoms with Crippen LogP contribution in [0.3, 0.4) is 0 Å². The van der Waals surface area contributed by atoms with Gasteiger partial charge in [0.05, 0.1) is 11.0 Å². The van der Waals surface area contributed by atoms with E-state index < -0.39 is 0 Å². The predicted molar refractivity (Wildman–Crippen MR) is 104 cm³/mol. The quantitative estimate of drug-likeness (QED) is 0.544. The first kappa shape index (κ1) is 14.0. The Morgan fingerprint density at radius 1 is 0.680 bits per heavy atom. The molecule has 0 saturated carbocycles. The van der Waals surface area contributed by atoms with Crippen LogP contribution in [-0.2, 0) is 0 Å². The largest absolute Gasteiger partial charge is 0.250 e. The second-order valence-corrected chi connectivity index (χ2v) is 6.02. The molecule has 25 heavy (non-hydrogen) atoms. The molecule has 4 nitrogen and oxygen atoms in total. The Balaban J connectivity index is 1.61. The van der Waals surface area contributed by atoms with Crippen molar-refractivity contribution in [2.24, 2.45) is 9.98 Å². The van der Waals surface area contributed by atoms with E-state index in [-0.39, 0.29) is 0 Å². The van der Waals surface area contributed by atoms with Gasteiger partial charge in [-0.2, -0.15) is 0 Å². The van der Waals surface area contributed by atoms with E-state index in [1.165, 1.54) is 10.8 Å². The van der Waals surface area contributed by atoms with Crippen LogP contribution in [0, 0.1) is 0 Å². The predicted octanol–water partition coefficient (Wildman–Crippen LogP) is 4.18. The highest BCUT2D eigenvalue weighted by molar-refractivity contribution is 6.10. The molecule has 0 aliphatic carbocycles. The average molecular weight is 324 g/mol. The van der Waals surface area contributed by atoms with Crippen LogP contribution >= 0.6 is 0 Å². The molecule has 5 rings (SSSR count). The third-order valence-electron chi connectivity index (χ3n) is 4.52. The molecule has 0 atom stereocenters. The van der Waals surface area contributed by atoms with Gasteiger partial charge in [0, 0.05) is 16.3 Å². The standard InChI is InChI=1S/C21H16N4/c1-2-8-16(9-3-1)21-22-14-24(15-23-21)25-19-12-6-4-10-17(19)18-11-5-7-13-20(18)25/h1-14H,15H2. The van der Waals surface area contributed by atoms with Crippen molar-refractivity contribution in [2.75, 3.05) is 11.7 Å². The second-order valence-electron chi connectivity index (χ2n) is 6.02. The number of amidine groups is 1. The molecule has 0 spiro atoms. The number of aliphatic imine (C=N–C) groups is 2. The fraction of sp³-hybridized carbons (Fsp3) is 0.0476. The minimum atomic E-state index is 0.538. The molecule has 0 bridgehead atoms. The van der Waals surface area contributed by atoms with Crippen molar-refractivity contribution in [3.63, 3.8) is 0 Å². The maximum Gasteiger partial charge on any atom is 0.158 e. The van der Waals surface area contributed by atoms with E-state index in [1.54, 1.807) is 0 Å². The van der Waals surface area contributed by atoms with Gasteiger partial charge in [-0.25, -0.2) is 19.7 Å². The summed E-state index contributed by atoms with van der Waals surface area (Å²) in [4.78, 5) is 9.26. The van der Waals surface area contributed by atoms with Gasteiger partial charge in [-0.05, 0) is 12.1 Å². The Labute approximate surface area is 145 Å². The fourth-order valence-electron chi connectivity index (χ4n) is 3.38. The van der Waals surface area contributed by atoms with Crippen LogP contribution in [-0.4, -0.2) is 23.5 Å². The summed E-state index contributed by atoms with van der Waals surface area (Å²) in [5.74, 6) is 0.776. The number of benzene rings is 3. The Bertz CT molecular complexity index is 1070. The van der Waals surface area contributed by atoms with E-state index >= 15 is 0 Å². The van der Waals surface area contributed by atoms with Gasteiger partial charge in [-0.15, -0.1) is 0 Å². The summed E-state index contributed by atoms with van der Waals surface area (Å²) in [6.07, 6.45) is 1.87. The monoisotopic (exact) mass is 324 g/mol. The first-order valence-corrected chi connectivity index (χ1v) is 8.31. The van der Waals surface area contributed by atoms with E-state index in [0.717, 1.165) is 22.4 Å². The van der Waals surface area contributed by atoms with E-state index in [1.807, 2.05) is 36.7 Å². The van der Waals surface area contributed by atoms with Crippen LogP contribution in [0.2, 0.25) is 0 Å². The zero-order valence-corrected chi connectivity index (χ0v) is 13.6. The highest BCUT2D eigenvalue weighted by Crippen LogP contribution is 2.28. The van der Waals surface area contributed by atoms with Gasteiger partial charge < -0.3 is 0 Å². The molecule has 0 saturated heterocycles. The summed E-state index contributed by atoms with van der Waals surface area (Å²) in [5, 5.41) is 4.53. The van der Waals surface area contributed by atoms with Crippen molar-refractivity contribution in [3.8, 4) is 0 Å². The molecule has 3 aromatic carbocycles. The van der Waals surface area contributed by atoms with Gasteiger partial charge in [0.15, 0.2) is 5.84 Å². The summed E-state index contributed by atoms with van der Waals surface area (Å²) >= 11 is 0. The minimum Gasteiger partial charge on any atom is -0.250 e. The lowest BCUT2D eigenvalue weighted by atomic mass is 10.2. The summed E-state index contributed by atoms with van der Waals surface area (Å²) in [7, 11) is 0. The maximum atomic E-state index is 4.67. The molecule has 0 fully saturated rings. The van der Waals surface area contributed by atoms with Gasteiger partial charge in [0.25, 0.3) is 0 Å². The van der Waals surface area contributed by atoms with Crippen LogP contribution in [0.15, 0.2) is 88.8 Å². The van der Waals surface area contributed by atoms with Crippen LogP contribution in [0.4, 0.5) is 0 Å². The summed E-state index contributed by atoms with van der Waals surface area (Å²) < 4.78 is 2.19. The number of aromatic nitrogens is 1. The lowest BCUT2D eigenvalue weighted by molar-refractivity contribution is 0.774. The fourth-order valence-corrected chi connectivity index (χ4v) is 3.38. The SMILES string of the molecule is C1=NC(c2ccccc2)=NCN1n1c2ccccc2c2ccccc21. The summed E-state index contributed by atoms with van der Waals surface area (Å²) in [6.45, 7) is 0.538. The first-order valence-electron chi connectivity index (χ1n) is 8.31. The molecule has 1 aliphatic heterocycles. The molecule has 4 heteroatoms. The molecule has 0 N–H and O–H groups in total. The van der Waals surface area contributed by atoms with E-state index in [2.05, 4.69) is 68.2 Å². The van der Waals surface area contributed by atoms with Crippen LogP contribution in [0.25, 0.3) is 21.8 Å². The van der Waals surface area contributed by atoms with Gasteiger partial charge in [-0.3, -0.25) is 0 Å². The van der Waals surface area contributed by atoms with Crippen molar-refractivity contribution in [1.82, 2.24) is 4.68 Å². The summed E-state index contributed by atoms with van der Waals surface area (Å²) in [6, 6.07) is 27.0. The molecular weight excluding hydrogens is 308 g/mol. The molecule has 1 aliphatic rings. The van der Waals surface area contributed by atoms with Gasteiger partial charge in [-0.1, -0.05) is 66.7 Å². The van der Waals surface area contributed by atoms with Gasteiger partial charge in [0.1, 0.15) is 13.0 Å². The molecule has 4 aromatic rings. The molecule has 1 aromatic heterocycles. The van der Waals surface area contributed by atoms with Crippen LogP contribution in [0.1, 0.15) is 5.56 Å². The van der Waals surface area contributed by atoms with E-state index in [4.69, 9.17) is 0 Å². The zero-order valence-electron chi connectivity index (χ0n) is 13.6. The van der Waals surface area contributed by atoms with Gasteiger partial charge >= 0.3 is 0 Å². The van der Waals surface area contributed by atoms with Crippen molar-refractivity contribution in [2.45, 2.75) is 0 Å². The highest BCUT2D eigenvalue weighted by atomic mass is 15.6. The Morgan fingerprint density at radius 3 is 1.88 bits per heavy atom. The Hall–Kier alpha value is -3.40. The first-order chi connectivity index (χ1) is 12.4. The van der Waals surface area contributed by atoms with Crippen LogP contribution in [0.5, 0.6) is 0 Å². The van der Waals surface area contributed by atoms with Crippen molar-refractivity contribution in [1.29, 1.82) is 0 Å². The third-order valence-corrected chi connectivity index (χ3v) is 4.52. The lowest BCUT2D eigenvalue weighted by Crippen LogP contribution is -2.36. The smallest absolute Gasteiger partial charge is 0.158 e. The lowest BCUT2D eigenvalue weighted by Gasteiger charge is -2.24. The number of nitrogens with zero attached hydrogens (tertiary/aromatic N) is 4. The maximum absolute atomic E-state index is 4.67. The topological polar surface area (TPSA) is 32.9 Å². The molecule has 0 unspecified atom stereocenters. The highest BCUT2D eigenvalue weighted by Gasteiger charge is 2.16. The number of hydrogen-bond acceptors (Lipinski definition) is 3. The zero-order chi connectivity index (χ0) is 16.6. The molecule has 2 heterocycles. The number of hydrogen-bond donors (Lipinski definition) is 0. The minimum absolute atomic E-state index is 0.538. The number of rotatable bonds is 2. The van der Waals surface area contributed by atoms with Crippen molar-refractivity contribution >= 4 is 34.0 Å². The van der Waals surface area contributed by atoms with Crippen molar-refractivity contribution in [3.05, 3.63) is 84.4 Å². The van der Waals surface area contributed by atoms with Crippen LogP contribution < -0.4 is 5.01 Å². The van der Waals surface area contributed by atoms with Crippen molar-refractivity contribution < 1.29 is 0 Å². The Kier molecular flexibility index (Phi) is 3.13. The molecule has 0 amide bonds. The molecular formula is C21H16N4.